The van der Waals surface area contributed by atoms with Crippen molar-refractivity contribution in [3.63, 3.8) is 0 Å². The van der Waals surface area contributed by atoms with Gasteiger partial charge in [-0.2, -0.15) is 0 Å². The van der Waals surface area contributed by atoms with Gasteiger partial charge in [-0.3, -0.25) is 4.79 Å². The van der Waals surface area contributed by atoms with Crippen LogP contribution in [-0.2, 0) is 4.79 Å². The molecule has 1 amide bonds. The van der Waals surface area contributed by atoms with Crippen LogP contribution in [0.4, 0.5) is 4.39 Å². The number of carbonyl (C=O) groups excluding carboxylic acids is 1. The Morgan fingerprint density at radius 2 is 2.08 bits per heavy atom. The number of hydrogen-bond acceptors (Lipinski definition) is 4. The molecule has 1 atom stereocenters. The predicted octanol–water partition coefficient (Wildman–Crippen LogP) is 3.27. The summed E-state index contributed by atoms with van der Waals surface area (Å²) in [6.07, 6.45) is -0.270. The Kier molecular flexibility index (Phi) is 5.43. The summed E-state index contributed by atoms with van der Waals surface area (Å²) in [5.41, 5.74) is 0. The van der Waals surface area contributed by atoms with Gasteiger partial charge in [0.15, 0.2) is 35.8 Å². The third kappa shape index (κ3) is 4.42. The topological polar surface area (TPSA) is 48.0 Å². The fraction of sp³-hybridized carbons (Fsp3) is 0.278. The van der Waals surface area contributed by atoms with Crippen LogP contribution < -0.4 is 14.2 Å². The number of benzene rings is 2. The number of ether oxygens (including phenoxy) is 3. The Bertz CT molecular complexity index is 770. The standard InChI is InChI=1S/C18H17BrFNO4/c1-21(9-13-10-23-16-4-2-3-5-17(16)25-13)18(22)11-24-15-7-6-12(19)8-14(15)20/h2-8,13H,9-11H2,1H3. The molecule has 132 valence electrons. The molecule has 3 rings (SSSR count). The quantitative estimate of drug-likeness (QED) is 0.760. The molecule has 1 unspecified atom stereocenters. The monoisotopic (exact) mass is 409 g/mol. The van der Waals surface area contributed by atoms with Crippen LogP contribution in [0.1, 0.15) is 0 Å². The fourth-order valence-corrected chi connectivity index (χ4v) is 2.74. The van der Waals surface area contributed by atoms with E-state index in [1.165, 1.54) is 17.0 Å². The molecule has 0 spiro atoms. The third-order valence-corrected chi connectivity index (χ3v) is 4.21. The van der Waals surface area contributed by atoms with Crippen molar-refractivity contribution < 1.29 is 23.4 Å². The van der Waals surface area contributed by atoms with Crippen LogP contribution in [0.15, 0.2) is 46.9 Å². The van der Waals surface area contributed by atoms with Gasteiger partial charge in [0.05, 0.1) is 6.54 Å². The summed E-state index contributed by atoms with van der Waals surface area (Å²) in [6.45, 7) is 0.454. The second kappa shape index (κ2) is 7.74. The van der Waals surface area contributed by atoms with Gasteiger partial charge in [0.2, 0.25) is 0 Å². The van der Waals surface area contributed by atoms with Crippen LogP contribution >= 0.6 is 15.9 Å². The highest BCUT2D eigenvalue weighted by Gasteiger charge is 2.24. The number of likely N-dealkylation sites (N-methyl/N-ethyl adjacent to an activating group) is 1. The molecule has 25 heavy (non-hydrogen) atoms. The van der Waals surface area contributed by atoms with E-state index in [-0.39, 0.29) is 24.4 Å². The van der Waals surface area contributed by atoms with Crippen molar-refractivity contribution in [3.8, 4) is 17.2 Å². The largest absolute Gasteiger partial charge is 0.486 e. The highest BCUT2D eigenvalue weighted by molar-refractivity contribution is 9.10. The summed E-state index contributed by atoms with van der Waals surface area (Å²) < 4.78 is 31.0. The molecule has 0 radical (unpaired) electrons. The van der Waals surface area contributed by atoms with Crippen LogP contribution in [0.25, 0.3) is 0 Å². The Morgan fingerprint density at radius 1 is 1.32 bits per heavy atom. The van der Waals surface area contributed by atoms with Crippen molar-refractivity contribution in [1.29, 1.82) is 0 Å². The van der Waals surface area contributed by atoms with Crippen LogP contribution in [0, 0.1) is 5.82 Å². The molecule has 5 nitrogen and oxygen atoms in total. The number of rotatable bonds is 5. The summed E-state index contributed by atoms with van der Waals surface area (Å²) in [6, 6.07) is 11.8. The van der Waals surface area contributed by atoms with Crippen molar-refractivity contribution in [2.24, 2.45) is 0 Å². The lowest BCUT2D eigenvalue weighted by Gasteiger charge is -2.29. The second-order valence-corrected chi connectivity index (χ2v) is 6.55. The van der Waals surface area contributed by atoms with E-state index in [0.29, 0.717) is 29.1 Å². The first-order valence-electron chi connectivity index (χ1n) is 7.73. The lowest BCUT2D eigenvalue weighted by molar-refractivity contribution is -0.133. The summed E-state index contributed by atoms with van der Waals surface area (Å²) in [5.74, 6) is 0.598. The summed E-state index contributed by atoms with van der Waals surface area (Å²) in [7, 11) is 1.65. The summed E-state index contributed by atoms with van der Waals surface area (Å²) in [4.78, 5) is 13.7. The fourth-order valence-electron chi connectivity index (χ4n) is 2.40. The number of para-hydroxylation sites is 2. The van der Waals surface area contributed by atoms with Crippen molar-refractivity contribution in [1.82, 2.24) is 4.90 Å². The number of nitrogens with zero attached hydrogens (tertiary/aromatic N) is 1. The first kappa shape index (κ1) is 17.5. The maximum Gasteiger partial charge on any atom is 0.260 e. The molecule has 0 aliphatic carbocycles. The smallest absolute Gasteiger partial charge is 0.260 e. The van der Waals surface area contributed by atoms with Gasteiger partial charge in [-0.05, 0) is 30.3 Å². The first-order valence-corrected chi connectivity index (χ1v) is 8.52. The van der Waals surface area contributed by atoms with E-state index in [4.69, 9.17) is 14.2 Å². The number of fused-ring (bicyclic) bond motifs is 1. The van der Waals surface area contributed by atoms with Crippen molar-refractivity contribution >= 4 is 21.8 Å². The zero-order valence-electron chi connectivity index (χ0n) is 13.6. The third-order valence-electron chi connectivity index (χ3n) is 3.72. The number of carbonyl (C=O) groups is 1. The highest BCUT2D eigenvalue weighted by atomic mass is 79.9. The first-order chi connectivity index (χ1) is 12.0. The lowest BCUT2D eigenvalue weighted by Crippen LogP contribution is -2.43. The molecule has 1 heterocycles. The van der Waals surface area contributed by atoms with E-state index < -0.39 is 5.82 Å². The van der Waals surface area contributed by atoms with Gasteiger partial charge in [0.25, 0.3) is 5.91 Å². The van der Waals surface area contributed by atoms with Crippen LogP contribution in [-0.4, -0.2) is 43.7 Å². The maximum atomic E-state index is 13.7. The van der Waals surface area contributed by atoms with Crippen molar-refractivity contribution in [2.45, 2.75) is 6.10 Å². The Balaban J connectivity index is 1.51. The zero-order valence-corrected chi connectivity index (χ0v) is 15.2. The van der Waals surface area contributed by atoms with E-state index in [2.05, 4.69) is 15.9 Å². The summed E-state index contributed by atoms with van der Waals surface area (Å²) >= 11 is 3.17. The Morgan fingerprint density at radius 3 is 2.84 bits per heavy atom. The minimum absolute atomic E-state index is 0.0381. The summed E-state index contributed by atoms with van der Waals surface area (Å²) in [5, 5.41) is 0. The molecule has 0 saturated carbocycles. The lowest BCUT2D eigenvalue weighted by atomic mass is 10.2. The van der Waals surface area contributed by atoms with E-state index in [9.17, 15) is 9.18 Å². The molecule has 7 heteroatoms. The van der Waals surface area contributed by atoms with Gasteiger partial charge in [-0.1, -0.05) is 28.1 Å². The molecule has 0 aromatic heterocycles. The molecular weight excluding hydrogens is 393 g/mol. The molecule has 2 aromatic rings. The van der Waals surface area contributed by atoms with Gasteiger partial charge in [0.1, 0.15) is 6.61 Å². The molecular formula is C18H17BrFNO4. The minimum atomic E-state index is -0.523. The van der Waals surface area contributed by atoms with Crippen molar-refractivity contribution in [3.05, 3.63) is 52.8 Å². The van der Waals surface area contributed by atoms with Crippen LogP contribution in [0.5, 0.6) is 17.2 Å². The number of halogens is 2. The van der Waals surface area contributed by atoms with Gasteiger partial charge in [0, 0.05) is 11.5 Å². The van der Waals surface area contributed by atoms with Gasteiger partial charge >= 0.3 is 0 Å². The minimum Gasteiger partial charge on any atom is -0.486 e. The molecule has 0 bridgehead atoms. The average molecular weight is 410 g/mol. The zero-order chi connectivity index (χ0) is 17.8. The molecule has 0 N–H and O–H groups in total. The molecule has 2 aromatic carbocycles. The molecule has 0 saturated heterocycles. The van der Waals surface area contributed by atoms with Gasteiger partial charge in [-0.15, -0.1) is 0 Å². The Hall–Kier alpha value is -2.28. The van der Waals surface area contributed by atoms with Crippen LogP contribution in [0.2, 0.25) is 0 Å². The second-order valence-electron chi connectivity index (χ2n) is 5.64. The average Bonchev–Trinajstić information content (AvgIpc) is 2.60. The van der Waals surface area contributed by atoms with Crippen molar-refractivity contribution in [2.75, 3.05) is 26.8 Å². The van der Waals surface area contributed by atoms with Gasteiger partial charge < -0.3 is 19.1 Å². The Labute approximate surface area is 153 Å². The number of amides is 1. The van der Waals surface area contributed by atoms with E-state index in [1.807, 2.05) is 24.3 Å². The van der Waals surface area contributed by atoms with Gasteiger partial charge in [-0.25, -0.2) is 4.39 Å². The van der Waals surface area contributed by atoms with E-state index in [1.54, 1.807) is 13.1 Å². The maximum absolute atomic E-state index is 13.7. The molecule has 0 fully saturated rings. The normalized spacial score (nSPS) is 15.6. The predicted molar refractivity (Wildman–Crippen MR) is 93.6 cm³/mol. The highest BCUT2D eigenvalue weighted by Crippen LogP contribution is 2.31. The van der Waals surface area contributed by atoms with Crippen LogP contribution in [0.3, 0.4) is 0 Å². The van der Waals surface area contributed by atoms with E-state index >= 15 is 0 Å². The number of hydrogen-bond donors (Lipinski definition) is 0. The SMILES string of the molecule is CN(CC1COc2ccccc2O1)C(=O)COc1ccc(Br)cc1F. The van der Waals surface area contributed by atoms with E-state index in [0.717, 1.165) is 0 Å². The molecule has 1 aliphatic heterocycles. The molecule has 1 aliphatic rings.